The molecule has 0 aliphatic heterocycles. The van der Waals surface area contributed by atoms with E-state index in [1.807, 2.05) is 30.3 Å². The maximum Gasteiger partial charge on any atom is 0.240 e. The molecule has 0 aromatic heterocycles. The average molecular weight is 248 g/mol. The molecule has 1 aromatic carbocycles. The second-order valence-corrected chi connectivity index (χ2v) is 4.64. The average Bonchev–Trinajstić information content (AvgIpc) is 2.34. The largest absolute Gasteiger partial charge is 0.368 e. The zero-order valence-corrected chi connectivity index (χ0v) is 10.8. The van der Waals surface area contributed by atoms with Crippen molar-refractivity contribution in [3.63, 3.8) is 0 Å². The van der Waals surface area contributed by atoms with E-state index in [1.165, 1.54) is 0 Å². The van der Waals surface area contributed by atoms with Crippen molar-refractivity contribution >= 4 is 11.8 Å². The number of carbonyl (C=O) groups is 2. The Labute approximate surface area is 108 Å². The zero-order valence-electron chi connectivity index (χ0n) is 10.8. The van der Waals surface area contributed by atoms with Gasteiger partial charge in [-0.1, -0.05) is 44.2 Å². The number of amides is 2. The van der Waals surface area contributed by atoms with E-state index >= 15 is 0 Å². The van der Waals surface area contributed by atoms with Gasteiger partial charge in [0.25, 0.3) is 0 Å². The molecule has 0 unspecified atom stereocenters. The van der Waals surface area contributed by atoms with Crippen LogP contribution in [-0.2, 0) is 16.0 Å². The van der Waals surface area contributed by atoms with Gasteiger partial charge in [0.2, 0.25) is 11.8 Å². The summed E-state index contributed by atoms with van der Waals surface area (Å²) in [7, 11) is 0. The minimum atomic E-state index is -0.597. The van der Waals surface area contributed by atoms with Gasteiger partial charge in [0.15, 0.2) is 0 Å². The van der Waals surface area contributed by atoms with E-state index in [2.05, 4.69) is 5.32 Å². The van der Waals surface area contributed by atoms with Gasteiger partial charge in [-0.05, 0) is 18.4 Å². The van der Waals surface area contributed by atoms with E-state index in [4.69, 9.17) is 5.73 Å². The first-order chi connectivity index (χ1) is 8.50. The van der Waals surface area contributed by atoms with Crippen molar-refractivity contribution in [2.24, 2.45) is 11.7 Å². The first-order valence-electron chi connectivity index (χ1n) is 6.14. The maximum absolute atomic E-state index is 11.6. The highest BCUT2D eigenvalue weighted by Gasteiger charge is 2.19. The fourth-order valence-electron chi connectivity index (χ4n) is 1.58. The molecule has 0 radical (unpaired) electrons. The van der Waals surface area contributed by atoms with Crippen molar-refractivity contribution in [1.82, 2.24) is 5.32 Å². The lowest BCUT2D eigenvalue weighted by atomic mass is 10.0. The van der Waals surface area contributed by atoms with Crippen LogP contribution in [0, 0.1) is 5.92 Å². The van der Waals surface area contributed by atoms with Crippen molar-refractivity contribution in [2.75, 3.05) is 0 Å². The molecule has 0 fully saturated rings. The fraction of sp³-hybridized carbons (Fsp3) is 0.429. The van der Waals surface area contributed by atoms with Gasteiger partial charge < -0.3 is 11.1 Å². The van der Waals surface area contributed by atoms with Gasteiger partial charge in [0, 0.05) is 5.92 Å². The molecule has 0 heterocycles. The van der Waals surface area contributed by atoms with Crippen LogP contribution >= 0.6 is 0 Å². The predicted octanol–water partition coefficient (Wildman–Crippen LogP) is 1.25. The first kappa shape index (κ1) is 14.2. The van der Waals surface area contributed by atoms with E-state index in [0.717, 1.165) is 5.56 Å². The summed E-state index contributed by atoms with van der Waals surface area (Å²) in [6.07, 6.45) is 1.24. The quantitative estimate of drug-likeness (QED) is 0.795. The van der Waals surface area contributed by atoms with Gasteiger partial charge in [0.05, 0.1) is 0 Å². The lowest BCUT2D eigenvalue weighted by Gasteiger charge is -2.16. The van der Waals surface area contributed by atoms with E-state index in [9.17, 15) is 9.59 Å². The molecule has 0 saturated carbocycles. The molecule has 1 atom stereocenters. The highest BCUT2D eigenvalue weighted by Crippen LogP contribution is 2.05. The molecule has 0 aliphatic rings. The Morgan fingerprint density at radius 2 is 1.83 bits per heavy atom. The normalized spacial score (nSPS) is 12.2. The molecule has 0 saturated heterocycles. The number of aryl methyl sites for hydroxylation is 1. The first-order valence-corrected chi connectivity index (χ1v) is 6.14. The van der Waals surface area contributed by atoms with Gasteiger partial charge in [-0.2, -0.15) is 0 Å². The Hall–Kier alpha value is -1.84. The molecule has 0 aliphatic carbocycles. The molecule has 3 N–H and O–H groups in total. The molecule has 98 valence electrons. The highest BCUT2D eigenvalue weighted by atomic mass is 16.2. The van der Waals surface area contributed by atoms with E-state index in [-0.39, 0.29) is 11.8 Å². The van der Waals surface area contributed by atoms with Crippen LogP contribution < -0.4 is 11.1 Å². The summed E-state index contributed by atoms with van der Waals surface area (Å²) in [6, 6.07) is 9.21. The third-order valence-corrected chi connectivity index (χ3v) is 2.75. The number of hydrogen-bond donors (Lipinski definition) is 2. The number of primary amides is 1. The Balaban J connectivity index is 2.54. The SMILES string of the molecule is CC(C)C(=O)N[C@@H](CCc1ccccc1)C(N)=O. The number of nitrogens with one attached hydrogen (secondary N) is 1. The maximum atomic E-state index is 11.6. The van der Waals surface area contributed by atoms with Crippen LogP contribution in [-0.4, -0.2) is 17.9 Å². The molecule has 2 amide bonds. The minimum absolute atomic E-state index is 0.146. The number of hydrogen-bond acceptors (Lipinski definition) is 2. The molecular formula is C14H20N2O2. The van der Waals surface area contributed by atoms with Crippen LogP contribution in [0.25, 0.3) is 0 Å². The number of carbonyl (C=O) groups excluding carboxylic acids is 2. The topological polar surface area (TPSA) is 72.2 Å². The molecule has 18 heavy (non-hydrogen) atoms. The summed E-state index contributed by atoms with van der Waals surface area (Å²) in [5, 5.41) is 2.67. The minimum Gasteiger partial charge on any atom is -0.368 e. The summed E-state index contributed by atoms with van der Waals surface area (Å²) in [6.45, 7) is 3.56. The Kier molecular flexibility index (Phi) is 5.36. The Morgan fingerprint density at radius 3 is 2.33 bits per heavy atom. The van der Waals surface area contributed by atoms with Crippen molar-refractivity contribution in [3.05, 3.63) is 35.9 Å². The van der Waals surface area contributed by atoms with Crippen LogP contribution in [0.4, 0.5) is 0 Å². The summed E-state index contributed by atoms with van der Waals surface area (Å²) in [5.41, 5.74) is 6.42. The smallest absolute Gasteiger partial charge is 0.240 e. The number of benzene rings is 1. The predicted molar refractivity (Wildman–Crippen MR) is 70.7 cm³/mol. The van der Waals surface area contributed by atoms with E-state index < -0.39 is 11.9 Å². The van der Waals surface area contributed by atoms with Gasteiger partial charge >= 0.3 is 0 Å². The lowest BCUT2D eigenvalue weighted by molar-refractivity contribution is -0.129. The second-order valence-electron chi connectivity index (χ2n) is 4.64. The fourth-order valence-corrected chi connectivity index (χ4v) is 1.58. The van der Waals surface area contributed by atoms with Crippen LogP contribution in [0.3, 0.4) is 0 Å². The van der Waals surface area contributed by atoms with Gasteiger partial charge in [0.1, 0.15) is 6.04 Å². The summed E-state index contributed by atoms with van der Waals surface area (Å²) in [4.78, 5) is 22.8. The molecule has 1 rings (SSSR count). The van der Waals surface area contributed by atoms with Crippen molar-refractivity contribution < 1.29 is 9.59 Å². The Morgan fingerprint density at radius 1 is 1.22 bits per heavy atom. The third-order valence-electron chi connectivity index (χ3n) is 2.75. The van der Waals surface area contributed by atoms with Crippen LogP contribution in [0.2, 0.25) is 0 Å². The van der Waals surface area contributed by atoms with Crippen molar-refractivity contribution in [2.45, 2.75) is 32.7 Å². The highest BCUT2D eigenvalue weighted by molar-refractivity contribution is 5.87. The molecule has 1 aromatic rings. The van der Waals surface area contributed by atoms with Gasteiger partial charge in [-0.3, -0.25) is 9.59 Å². The van der Waals surface area contributed by atoms with Crippen LogP contribution in [0.1, 0.15) is 25.8 Å². The van der Waals surface area contributed by atoms with Gasteiger partial charge in [-0.15, -0.1) is 0 Å². The summed E-state index contributed by atoms with van der Waals surface area (Å²) < 4.78 is 0. The lowest BCUT2D eigenvalue weighted by Crippen LogP contribution is -2.46. The van der Waals surface area contributed by atoms with Crippen LogP contribution in [0.5, 0.6) is 0 Å². The summed E-state index contributed by atoms with van der Waals surface area (Å²) >= 11 is 0. The molecule has 4 nitrogen and oxygen atoms in total. The summed E-state index contributed by atoms with van der Waals surface area (Å²) in [5.74, 6) is -0.782. The van der Waals surface area contributed by atoms with Gasteiger partial charge in [-0.25, -0.2) is 0 Å². The Bertz CT molecular complexity index is 402. The second kappa shape index (κ2) is 6.79. The number of rotatable bonds is 6. The van der Waals surface area contributed by atoms with E-state index in [0.29, 0.717) is 12.8 Å². The van der Waals surface area contributed by atoms with Crippen molar-refractivity contribution in [3.8, 4) is 0 Å². The number of nitrogens with two attached hydrogens (primary N) is 1. The molecular weight excluding hydrogens is 228 g/mol. The third kappa shape index (κ3) is 4.57. The van der Waals surface area contributed by atoms with Crippen molar-refractivity contribution in [1.29, 1.82) is 0 Å². The van der Waals surface area contributed by atoms with E-state index in [1.54, 1.807) is 13.8 Å². The monoisotopic (exact) mass is 248 g/mol. The molecule has 0 spiro atoms. The van der Waals surface area contributed by atoms with Crippen LogP contribution in [0.15, 0.2) is 30.3 Å². The standard InChI is InChI=1S/C14H20N2O2/c1-10(2)14(18)16-12(13(15)17)9-8-11-6-4-3-5-7-11/h3-7,10,12H,8-9H2,1-2H3,(H2,15,17)(H,16,18)/t12-/m0/s1. The zero-order chi connectivity index (χ0) is 13.5. The molecule has 4 heteroatoms. The molecule has 0 bridgehead atoms.